The van der Waals surface area contributed by atoms with Crippen molar-refractivity contribution in [1.29, 1.82) is 0 Å². The van der Waals surface area contributed by atoms with Crippen molar-refractivity contribution in [2.75, 3.05) is 36.5 Å². The summed E-state index contributed by atoms with van der Waals surface area (Å²) in [6, 6.07) is 9.04. The third-order valence-electron chi connectivity index (χ3n) is 5.46. The Bertz CT molecular complexity index is 934. The molecule has 3 rings (SSSR count). The first-order valence-electron chi connectivity index (χ1n) is 10.5. The lowest BCUT2D eigenvalue weighted by Gasteiger charge is -2.24. The smallest absolute Gasteiger partial charge is 0.405 e. The van der Waals surface area contributed by atoms with Gasteiger partial charge in [0.1, 0.15) is 24.2 Å². The molecular formula is C23H27F4N3O2. The van der Waals surface area contributed by atoms with Gasteiger partial charge in [-0.05, 0) is 36.6 Å². The Morgan fingerprint density at radius 2 is 1.97 bits per heavy atom. The fourth-order valence-corrected chi connectivity index (χ4v) is 3.94. The average Bonchev–Trinajstić information content (AvgIpc) is 3.15. The Hall–Kier alpha value is -2.84. The highest BCUT2D eigenvalue weighted by Crippen LogP contribution is 2.31. The molecule has 2 heterocycles. The first kappa shape index (κ1) is 23.8. The summed E-state index contributed by atoms with van der Waals surface area (Å²) in [6.45, 7) is 3.21. The van der Waals surface area contributed by atoms with Crippen molar-refractivity contribution in [2.45, 2.75) is 44.9 Å². The maximum Gasteiger partial charge on any atom is 0.405 e. The molecule has 1 fully saturated rings. The lowest BCUT2D eigenvalue weighted by molar-refractivity contribution is -0.119. The Balaban J connectivity index is 1.63. The highest BCUT2D eigenvalue weighted by molar-refractivity contribution is 5.76. The predicted octanol–water partition coefficient (Wildman–Crippen LogP) is 4.96. The number of carbonyl (C=O) groups is 1. The molecule has 9 heteroatoms. The Morgan fingerprint density at radius 3 is 2.59 bits per heavy atom. The molecule has 0 unspecified atom stereocenters. The van der Waals surface area contributed by atoms with Crippen molar-refractivity contribution in [3.05, 3.63) is 47.9 Å². The summed E-state index contributed by atoms with van der Waals surface area (Å²) < 4.78 is 59.0. The van der Waals surface area contributed by atoms with Gasteiger partial charge in [0.2, 0.25) is 0 Å². The zero-order valence-corrected chi connectivity index (χ0v) is 18.3. The standard InChI is InChI=1S/C23H27F4N3O2/c1-15(12-16(2)31)17-4-6-18(7-5-17)32-19-9-11-30(13-19)20-8-10-28-22(21(20)24)29(3)14-23(25,26)27/h4-8,10,15,19H,9,11-14H2,1-3H3/t15-,19-/m1/s1. The molecule has 1 aromatic carbocycles. The molecule has 2 atom stereocenters. The van der Waals surface area contributed by atoms with Crippen LogP contribution in [0.4, 0.5) is 29.1 Å². The number of halogens is 4. The molecule has 2 aromatic rings. The summed E-state index contributed by atoms with van der Waals surface area (Å²) >= 11 is 0. The van der Waals surface area contributed by atoms with Crippen LogP contribution in [0.15, 0.2) is 36.5 Å². The van der Waals surface area contributed by atoms with E-state index in [1.807, 2.05) is 31.2 Å². The number of hydrogen-bond donors (Lipinski definition) is 0. The molecule has 5 nitrogen and oxygen atoms in total. The third-order valence-corrected chi connectivity index (χ3v) is 5.46. The summed E-state index contributed by atoms with van der Waals surface area (Å²) in [5, 5.41) is 0. The monoisotopic (exact) mass is 453 g/mol. The number of alkyl halides is 3. The zero-order chi connectivity index (χ0) is 23.5. The third kappa shape index (κ3) is 6.11. The van der Waals surface area contributed by atoms with Crippen LogP contribution in [0.2, 0.25) is 0 Å². The summed E-state index contributed by atoms with van der Waals surface area (Å²) in [5.41, 5.74) is 1.26. The number of ether oxygens (including phenoxy) is 1. The van der Waals surface area contributed by atoms with Gasteiger partial charge < -0.3 is 19.3 Å². The summed E-state index contributed by atoms with van der Waals surface area (Å²) in [7, 11) is 1.17. The van der Waals surface area contributed by atoms with Gasteiger partial charge in [0.15, 0.2) is 11.6 Å². The lowest BCUT2D eigenvalue weighted by Crippen LogP contribution is -2.32. The number of Topliss-reactive ketones (excluding diaryl/α,β-unsaturated/α-hetero) is 1. The molecule has 174 valence electrons. The van der Waals surface area contributed by atoms with Crippen molar-refractivity contribution in [1.82, 2.24) is 4.98 Å². The minimum absolute atomic E-state index is 0.128. The Kier molecular flexibility index (Phi) is 7.26. The van der Waals surface area contributed by atoms with Crippen LogP contribution in [0, 0.1) is 5.82 Å². The molecular weight excluding hydrogens is 426 g/mol. The number of pyridine rings is 1. The first-order chi connectivity index (χ1) is 15.0. The number of anilines is 2. The maximum atomic E-state index is 14.9. The highest BCUT2D eigenvalue weighted by atomic mass is 19.4. The maximum absolute atomic E-state index is 14.9. The van der Waals surface area contributed by atoms with Crippen LogP contribution >= 0.6 is 0 Å². The minimum atomic E-state index is -4.45. The van der Waals surface area contributed by atoms with E-state index in [9.17, 15) is 22.4 Å². The number of hydrogen-bond acceptors (Lipinski definition) is 5. The van der Waals surface area contributed by atoms with E-state index < -0.39 is 18.5 Å². The van der Waals surface area contributed by atoms with Gasteiger partial charge >= 0.3 is 6.18 Å². The van der Waals surface area contributed by atoms with Crippen LogP contribution in [0.1, 0.15) is 38.2 Å². The minimum Gasteiger partial charge on any atom is -0.489 e. The van der Waals surface area contributed by atoms with E-state index in [0.717, 1.165) is 10.5 Å². The van der Waals surface area contributed by atoms with E-state index in [-0.39, 0.29) is 29.3 Å². The van der Waals surface area contributed by atoms with E-state index >= 15 is 0 Å². The largest absolute Gasteiger partial charge is 0.489 e. The second kappa shape index (κ2) is 9.75. The molecule has 0 N–H and O–H groups in total. The van der Waals surface area contributed by atoms with Gasteiger partial charge in [-0.3, -0.25) is 0 Å². The molecule has 0 saturated carbocycles. The van der Waals surface area contributed by atoms with Gasteiger partial charge in [-0.2, -0.15) is 13.2 Å². The second-order valence-corrected chi connectivity index (χ2v) is 8.29. The molecule has 1 saturated heterocycles. The van der Waals surface area contributed by atoms with E-state index in [2.05, 4.69) is 4.98 Å². The van der Waals surface area contributed by atoms with E-state index in [4.69, 9.17) is 4.74 Å². The van der Waals surface area contributed by atoms with E-state index in [0.29, 0.717) is 31.7 Å². The van der Waals surface area contributed by atoms with Crippen molar-refractivity contribution in [3.8, 4) is 5.75 Å². The van der Waals surface area contributed by atoms with Crippen molar-refractivity contribution in [3.63, 3.8) is 0 Å². The van der Waals surface area contributed by atoms with Crippen molar-refractivity contribution in [2.24, 2.45) is 0 Å². The van der Waals surface area contributed by atoms with Gasteiger partial charge in [0, 0.05) is 32.6 Å². The zero-order valence-electron chi connectivity index (χ0n) is 18.3. The second-order valence-electron chi connectivity index (χ2n) is 8.29. The van der Waals surface area contributed by atoms with Gasteiger partial charge in [-0.15, -0.1) is 0 Å². The van der Waals surface area contributed by atoms with Gasteiger partial charge in [-0.25, -0.2) is 9.37 Å². The SMILES string of the molecule is CC(=O)C[C@@H](C)c1ccc(O[C@@H]2CCN(c3ccnc(N(C)CC(F)(F)F)c3F)C2)cc1. The van der Waals surface area contributed by atoms with Crippen LogP contribution < -0.4 is 14.5 Å². The van der Waals surface area contributed by atoms with Crippen LogP contribution in [0.5, 0.6) is 5.75 Å². The van der Waals surface area contributed by atoms with E-state index in [1.165, 1.54) is 19.3 Å². The number of nitrogens with zero attached hydrogens (tertiary/aromatic N) is 3. The molecule has 32 heavy (non-hydrogen) atoms. The number of benzene rings is 1. The molecule has 1 aliphatic heterocycles. The predicted molar refractivity (Wildman–Crippen MR) is 115 cm³/mol. The fraction of sp³-hybridized carbons (Fsp3) is 0.478. The summed E-state index contributed by atoms with van der Waals surface area (Å²) in [5.74, 6) is -0.164. The molecule has 1 aromatic heterocycles. The summed E-state index contributed by atoms with van der Waals surface area (Å²) in [4.78, 5) is 17.6. The summed E-state index contributed by atoms with van der Waals surface area (Å²) in [6.07, 6.45) is -2.19. The Morgan fingerprint density at radius 1 is 1.28 bits per heavy atom. The molecule has 0 bridgehead atoms. The van der Waals surface area contributed by atoms with Crippen LogP contribution in [-0.4, -0.2) is 49.7 Å². The van der Waals surface area contributed by atoms with Gasteiger partial charge in [-0.1, -0.05) is 19.1 Å². The van der Waals surface area contributed by atoms with Crippen LogP contribution in [0.3, 0.4) is 0 Å². The molecule has 1 aliphatic rings. The lowest BCUT2D eigenvalue weighted by atomic mass is 9.96. The van der Waals surface area contributed by atoms with Crippen LogP contribution in [-0.2, 0) is 4.79 Å². The number of ketones is 1. The number of carbonyl (C=O) groups excluding carboxylic acids is 1. The van der Waals surface area contributed by atoms with Crippen LogP contribution in [0.25, 0.3) is 0 Å². The number of rotatable bonds is 8. The van der Waals surface area contributed by atoms with E-state index in [1.54, 1.807) is 11.8 Å². The van der Waals surface area contributed by atoms with Gasteiger partial charge in [0.05, 0.1) is 12.2 Å². The van der Waals surface area contributed by atoms with Gasteiger partial charge in [0.25, 0.3) is 0 Å². The molecule has 0 aliphatic carbocycles. The topological polar surface area (TPSA) is 45.7 Å². The number of aromatic nitrogens is 1. The normalized spacial score (nSPS) is 17.3. The van der Waals surface area contributed by atoms with Crippen molar-refractivity contribution >= 4 is 17.3 Å². The fourth-order valence-electron chi connectivity index (χ4n) is 3.94. The average molecular weight is 453 g/mol. The molecule has 0 radical (unpaired) electrons. The quantitative estimate of drug-likeness (QED) is 0.529. The first-order valence-corrected chi connectivity index (χ1v) is 10.5. The highest BCUT2D eigenvalue weighted by Gasteiger charge is 2.32. The van der Waals surface area contributed by atoms with Crippen molar-refractivity contribution < 1.29 is 27.1 Å². The Labute approximate surface area is 185 Å². The molecule has 0 spiro atoms. The molecule has 0 amide bonds.